The largest absolute Gasteiger partial charge is 0.351 e. The Labute approximate surface area is 128 Å². The molecule has 1 aromatic heterocycles. The van der Waals surface area contributed by atoms with Crippen LogP contribution in [-0.4, -0.2) is 11.0 Å². The summed E-state index contributed by atoms with van der Waals surface area (Å²) in [6.45, 7) is 6.22. The standard InChI is InChI=1S/C15H20N4OS/c1-9(17-10(2)14-8-21-11(3)18-14)12-4-6-13(7-5-12)19-15(16)20/h4-10,17H,1-3H3,(H3,16,19,20). The zero-order chi connectivity index (χ0) is 15.4. The van der Waals surface area contributed by atoms with Crippen LogP contribution in [0.5, 0.6) is 0 Å². The molecule has 2 rings (SSSR count). The first-order chi connectivity index (χ1) is 9.95. The Morgan fingerprint density at radius 2 is 1.90 bits per heavy atom. The van der Waals surface area contributed by atoms with Gasteiger partial charge in [0.05, 0.1) is 10.7 Å². The molecule has 4 N–H and O–H groups in total. The van der Waals surface area contributed by atoms with Crippen LogP contribution in [0.15, 0.2) is 29.6 Å². The number of aryl methyl sites for hydroxylation is 1. The first-order valence-electron chi connectivity index (χ1n) is 6.80. The molecule has 0 saturated heterocycles. The third-order valence-electron chi connectivity index (χ3n) is 3.26. The summed E-state index contributed by atoms with van der Waals surface area (Å²) in [6.07, 6.45) is 0. The minimum atomic E-state index is -0.554. The summed E-state index contributed by atoms with van der Waals surface area (Å²) in [7, 11) is 0. The SMILES string of the molecule is Cc1nc(C(C)NC(C)c2ccc(NC(N)=O)cc2)cs1. The van der Waals surface area contributed by atoms with Gasteiger partial charge in [-0.2, -0.15) is 0 Å². The van der Waals surface area contributed by atoms with Gasteiger partial charge in [0, 0.05) is 23.2 Å². The van der Waals surface area contributed by atoms with Crippen LogP contribution in [0.3, 0.4) is 0 Å². The number of nitrogens with one attached hydrogen (secondary N) is 2. The second kappa shape index (κ2) is 6.69. The lowest BCUT2D eigenvalue weighted by atomic mass is 10.1. The number of hydrogen-bond acceptors (Lipinski definition) is 4. The summed E-state index contributed by atoms with van der Waals surface area (Å²) in [6, 6.07) is 7.45. The summed E-state index contributed by atoms with van der Waals surface area (Å²) in [5.41, 5.74) is 7.99. The van der Waals surface area contributed by atoms with Crippen LogP contribution in [0, 0.1) is 6.92 Å². The predicted octanol–water partition coefficient (Wildman–Crippen LogP) is 3.35. The number of amides is 2. The van der Waals surface area contributed by atoms with Crippen molar-refractivity contribution in [2.24, 2.45) is 5.73 Å². The molecule has 2 aromatic rings. The Morgan fingerprint density at radius 3 is 2.43 bits per heavy atom. The van der Waals surface area contributed by atoms with Crippen LogP contribution in [0.4, 0.5) is 10.5 Å². The lowest BCUT2D eigenvalue weighted by Gasteiger charge is -2.19. The van der Waals surface area contributed by atoms with Gasteiger partial charge in [-0.05, 0) is 38.5 Å². The molecule has 5 nitrogen and oxygen atoms in total. The van der Waals surface area contributed by atoms with Gasteiger partial charge in [0.1, 0.15) is 0 Å². The van der Waals surface area contributed by atoms with Crippen molar-refractivity contribution in [1.82, 2.24) is 10.3 Å². The average molecular weight is 304 g/mol. The average Bonchev–Trinajstić information content (AvgIpc) is 2.85. The number of rotatable bonds is 5. The molecule has 0 spiro atoms. The van der Waals surface area contributed by atoms with Crippen LogP contribution in [0.2, 0.25) is 0 Å². The van der Waals surface area contributed by atoms with E-state index < -0.39 is 6.03 Å². The zero-order valence-corrected chi connectivity index (χ0v) is 13.2. The molecule has 112 valence electrons. The number of carbonyl (C=O) groups is 1. The number of nitrogens with two attached hydrogens (primary N) is 1. The Bertz CT molecular complexity index is 608. The predicted molar refractivity (Wildman–Crippen MR) is 86.5 cm³/mol. The fourth-order valence-electron chi connectivity index (χ4n) is 2.13. The van der Waals surface area contributed by atoms with Gasteiger partial charge in [-0.15, -0.1) is 11.3 Å². The van der Waals surface area contributed by atoms with E-state index in [9.17, 15) is 4.79 Å². The van der Waals surface area contributed by atoms with Crippen molar-refractivity contribution in [2.75, 3.05) is 5.32 Å². The fourth-order valence-corrected chi connectivity index (χ4v) is 2.84. The maximum absolute atomic E-state index is 10.8. The fraction of sp³-hybridized carbons (Fsp3) is 0.333. The highest BCUT2D eigenvalue weighted by molar-refractivity contribution is 7.09. The van der Waals surface area contributed by atoms with Crippen LogP contribution in [0.1, 0.15) is 42.2 Å². The lowest BCUT2D eigenvalue weighted by molar-refractivity contribution is 0.259. The van der Waals surface area contributed by atoms with E-state index in [1.54, 1.807) is 11.3 Å². The molecule has 0 bridgehead atoms. The second-order valence-electron chi connectivity index (χ2n) is 5.01. The maximum atomic E-state index is 10.8. The summed E-state index contributed by atoms with van der Waals surface area (Å²) in [5.74, 6) is 0. The number of urea groups is 1. The zero-order valence-electron chi connectivity index (χ0n) is 12.4. The lowest BCUT2D eigenvalue weighted by Crippen LogP contribution is -2.23. The van der Waals surface area contributed by atoms with Crippen LogP contribution < -0.4 is 16.4 Å². The highest BCUT2D eigenvalue weighted by Crippen LogP contribution is 2.21. The quantitative estimate of drug-likeness (QED) is 0.792. The van der Waals surface area contributed by atoms with E-state index in [-0.39, 0.29) is 12.1 Å². The molecule has 2 amide bonds. The number of aromatic nitrogens is 1. The molecule has 1 aromatic carbocycles. The first kappa shape index (κ1) is 15.5. The molecular formula is C15H20N4OS. The van der Waals surface area contributed by atoms with Gasteiger partial charge in [0.25, 0.3) is 0 Å². The molecule has 0 aliphatic carbocycles. The molecule has 0 aliphatic rings. The number of anilines is 1. The van der Waals surface area contributed by atoms with Gasteiger partial charge in [-0.25, -0.2) is 9.78 Å². The van der Waals surface area contributed by atoms with Crippen LogP contribution >= 0.6 is 11.3 Å². The normalized spacial score (nSPS) is 13.7. The summed E-state index contributed by atoms with van der Waals surface area (Å²) >= 11 is 1.66. The first-order valence-corrected chi connectivity index (χ1v) is 7.68. The van der Waals surface area contributed by atoms with Gasteiger partial charge < -0.3 is 16.4 Å². The molecular weight excluding hydrogens is 284 g/mol. The molecule has 21 heavy (non-hydrogen) atoms. The Hall–Kier alpha value is -1.92. The van der Waals surface area contributed by atoms with Crippen molar-refractivity contribution in [3.05, 3.63) is 45.9 Å². The molecule has 2 unspecified atom stereocenters. The monoisotopic (exact) mass is 304 g/mol. The second-order valence-corrected chi connectivity index (χ2v) is 6.07. The third-order valence-corrected chi connectivity index (χ3v) is 4.05. The van der Waals surface area contributed by atoms with Crippen molar-refractivity contribution < 1.29 is 4.79 Å². The van der Waals surface area contributed by atoms with Gasteiger partial charge in [-0.1, -0.05) is 12.1 Å². The smallest absolute Gasteiger partial charge is 0.316 e. The minimum Gasteiger partial charge on any atom is -0.351 e. The highest BCUT2D eigenvalue weighted by Gasteiger charge is 2.13. The number of nitrogens with zero attached hydrogens (tertiary/aromatic N) is 1. The van der Waals surface area contributed by atoms with E-state index in [4.69, 9.17) is 5.73 Å². The molecule has 0 saturated carbocycles. The van der Waals surface area contributed by atoms with Crippen LogP contribution in [-0.2, 0) is 0 Å². The van der Waals surface area contributed by atoms with Gasteiger partial charge in [-0.3, -0.25) is 0 Å². The Balaban J connectivity index is 1.99. The van der Waals surface area contributed by atoms with Gasteiger partial charge in [0.15, 0.2) is 0 Å². The van der Waals surface area contributed by atoms with Crippen molar-refractivity contribution >= 4 is 23.1 Å². The van der Waals surface area contributed by atoms with Gasteiger partial charge >= 0.3 is 6.03 Å². The molecule has 1 heterocycles. The Morgan fingerprint density at radius 1 is 1.24 bits per heavy atom. The number of primary amides is 1. The van der Waals surface area contributed by atoms with Crippen molar-refractivity contribution in [1.29, 1.82) is 0 Å². The molecule has 0 radical (unpaired) electrons. The Kier molecular flexibility index (Phi) is 4.93. The summed E-state index contributed by atoms with van der Waals surface area (Å²) < 4.78 is 0. The topological polar surface area (TPSA) is 80.0 Å². The van der Waals surface area contributed by atoms with Crippen molar-refractivity contribution in [2.45, 2.75) is 32.9 Å². The van der Waals surface area contributed by atoms with Crippen LogP contribution in [0.25, 0.3) is 0 Å². The minimum absolute atomic E-state index is 0.185. The maximum Gasteiger partial charge on any atom is 0.316 e. The number of thiazole rings is 1. The molecule has 0 aliphatic heterocycles. The highest BCUT2D eigenvalue weighted by atomic mass is 32.1. The van der Waals surface area contributed by atoms with Crippen molar-refractivity contribution in [3.8, 4) is 0 Å². The van der Waals surface area contributed by atoms with E-state index in [1.807, 2.05) is 31.2 Å². The van der Waals surface area contributed by atoms with Crippen molar-refractivity contribution in [3.63, 3.8) is 0 Å². The van der Waals surface area contributed by atoms with E-state index in [0.29, 0.717) is 5.69 Å². The molecule has 0 fully saturated rings. The van der Waals surface area contributed by atoms with Gasteiger partial charge in [0.2, 0.25) is 0 Å². The van der Waals surface area contributed by atoms with E-state index >= 15 is 0 Å². The third kappa shape index (κ3) is 4.27. The number of hydrogen-bond donors (Lipinski definition) is 3. The number of benzene rings is 1. The summed E-state index contributed by atoms with van der Waals surface area (Å²) in [4.78, 5) is 15.3. The summed E-state index contributed by atoms with van der Waals surface area (Å²) in [5, 5.41) is 9.23. The molecule has 6 heteroatoms. The molecule has 2 atom stereocenters. The van der Waals surface area contributed by atoms with E-state index in [1.165, 1.54) is 0 Å². The number of carbonyl (C=O) groups excluding carboxylic acids is 1. The van der Waals surface area contributed by atoms with E-state index in [0.717, 1.165) is 16.3 Å². The van der Waals surface area contributed by atoms with E-state index in [2.05, 4.69) is 34.8 Å².